The molecule has 0 atom stereocenters. The molecule has 0 amide bonds. The van der Waals surface area contributed by atoms with Crippen molar-refractivity contribution in [1.29, 1.82) is 0 Å². The monoisotopic (exact) mass is 218 g/mol. The van der Waals surface area contributed by atoms with Gasteiger partial charge >= 0.3 is 0 Å². The molecule has 0 saturated heterocycles. The molecule has 84 valence electrons. The lowest BCUT2D eigenvalue weighted by atomic mass is 10.0. The highest BCUT2D eigenvalue weighted by Gasteiger charge is 2.37. The summed E-state index contributed by atoms with van der Waals surface area (Å²) in [5.41, 5.74) is 0.390. The van der Waals surface area contributed by atoms with Gasteiger partial charge in [-0.15, -0.1) is 0 Å². The Balaban J connectivity index is 2.81. The third-order valence-corrected chi connectivity index (χ3v) is 6.96. The fourth-order valence-electron chi connectivity index (χ4n) is 2.43. The van der Waals surface area contributed by atoms with Crippen molar-refractivity contribution in [3.63, 3.8) is 0 Å². The maximum absolute atomic E-state index is 12.8. The van der Waals surface area contributed by atoms with E-state index in [-0.39, 0.29) is 0 Å². The lowest BCUT2D eigenvalue weighted by molar-refractivity contribution is 0.400. The van der Waals surface area contributed by atoms with E-state index in [1.165, 1.54) is 19.3 Å². The van der Waals surface area contributed by atoms with Crippen LogP contribution in [0.25, 0.3) is 0 Å². The Labute approximate surface area is 87.9 Å². The minimum Gasteiger partial charge on any atom is -0.289 e. The molecule has 1 aliphatic carbocycles. The fraction of sp³-hybridized carbons (Fsp3) is 1.00. The molecule has 1 fully saturated rings. The van der Waals surface area contributed by atoms with Crippen molar-refractivity contribution >= 4 is 7.44 Å². The van der Waals surface area contributed by atoms with Crippen LogP contribution in [0.1, 0.15) is 32.1 Å². The van der Waals surface area contributed by atoms with Gasteiger partial charge in [0, 0.05) is 5.66 Å². The van der Waals surface area contributed by atoms with Crippen LogP contribution < -0.4 is 0 Å². The van der Waals surface area contributed by atoms with E-state index >= 15 is 0 Å². The zero-order valence-corrected chi connectivity index (χ0v) is 10.8. The molecule has 0 heterocycles. The molecule has 0 spiro atoms. The molecule has 0 aromatic carbocycles. The Morgan fingerprint density at radius 2 is 1.36 bits per heavy atom. The van der Waals surface area contributed by atoms with Crippen molar-refractivity contribution < 1.29 is 4.57 Å². The predicted molar refractivity (Wildman–Crippen MR) is 61.9 cm³/mol. The van der Waals surface area contributed by atoms with Gasteiger partial charge in [-0.3, -0.25) is 4.57 Å². The predicted octanol–water partition coefficient (Wildman–Crippen LogP) is 2.64. The molecule has 1 aliphatic rings. The van der Waals surface area contributed by atoms with E-state index in [9.17, 15) is 4.57 Å². The molecule has 0 N–H and O–H groups in total. The minimum absolute atomic E-state index is 0.390. The van der Waals surface area contributed by atoms with Gasteiger partial charge in [-0.05, 0) is 41.0 Å². The van der Waals surface area contributed by atoms with E-state index in [1.807, 2.05) is 37.5 Å². The van der Waals surface area contributed by atoms with Crippen LogP contribution in [0.3, 0.4) is 0 Å². The second-order valence-corrected chi connectivity index (χ2v) is 8.08. The first-order valence-corrected chi connectivity index (χ1v) is 7.13. The molecule has 1 rings (SSSR count). The maximum Gasteiger partial charge on any atom is 0.218 e. The van der Waals surface area contributed by atoms with Crippen LogP contribution in [-0.2, 0) is 4.57 Å². The number of nitrogens with zero attached hydrogens (tertiary/aromatic N) is 2. The smallest absolute Gasteiger partial charge is 0.218 e. The highest BCUT2D eigenvalue weighted by atomic mass is 31.2. The van der Waals surface area contributed by atoms with Gasteiger partial charge in [-0.25, -0.2) is 9.34 Å². The molecule has 1 saturated carbocycles. The molecule has 0 unspecified atom stereocenters. The topological polar surface area (TPSA) is 23.6 Å². The Morgan fingerprint density at radius 1 is 0.929 bits per heavy atom. The Morgan fingerprint density at radius 3 is 1.71 bits per heavy atom. The van der Waals surface area contributed by atoms with E-state index in [4.69, 9.17) is 0 Å². The molecular weight excluding hydrogens is 195 g/mol. The second-order valence-electron chi connectivity index (χ2n) is 4.58. The van der Waals surface area contributed by atoms with E-state index < -0.39 is 7.44 Å². The third-order valence-electron chi connectivity index (χ3n) is 3.20. The van der Waals surface area contributed by atoms with E-state index in [0.29, 0.717) is 5.66 Å². The van der Waals surface area contributed by atoms with Gasteiger partial charge < -0.3 is 0 Å². The molecule has 0 radical (unpaired) electrons. The summed E-state index contributed by atoms with van der Waals surface area (Å²) < 4.78 is 16.7. The van der Waals surface area contributed by atoms with Crippen LogP contribution in [0.5, 0.6) is 0 Å². The van der Waals surface area contributed by atoms with Crippen molar-refractivity contribution in [2.24, 2.45) is 0 Å². The molecule has 14 heavy (non-hydrogen) atoms. The quantitative estimate of drug-likeness (QED) is 0.680. The van der Waals surface area contributed by atoms with Gasteiger partial charge in [0.1, 0.15) is 0 Å². The molecule has 0 bridgehead atoms. The van der Waals surface area contributed by atoms with Crippen molar-refractivity contribution in [2.45, 2.75) is 37.8 Å². The summed E-state index contributed by atoms with van der Waals surface area (Å²) in [4.78, 5) is 0. The van der Waals surface area contributed by atoms with Gasteiger partial charge in [0.2, 0.25) is 7.44 Å². The van der Waals surface area contributed by atoms with Gasteiger partial charge in [0.05, 0.1) is 0 Å². The summed E-state index contributed by atoms with van der Waals surface area (Å²) in [5, 5.41) is 0. The van der Waals surface area contributed by atoms with Crippen molar-refractivity contribution in [1.82, 2.24) is 9.34 Å². The highest BCUT2D eigenvalue weighted by molar-refractivity contribution is 7.59. The Hall–Kier alpha value is 0.150. The van der Waals surface area contributed by atoms with E-state index in [2.05, 4.69) is 0 Å². The second kappa shape index (κ2) is 4.78. The van der Waals surface area contributed by atoms with Crippen LogP contribution >= 0.6 is 7.44 Å². The van der Waals surface area contributed by atoms with Gasteiger partial charge in [0.25, 0.3) is 0 Å². The first kappa shape index (κ1) is 12.2. The van der Waals surface area contributed by atoms with Crippen LogP contribution in [0, 0.1) is 0 Å². The van der Waals surface area contributed by atoms with Gasteiger partial charge in [-0.2, -0.15) is 0 Å². The summed E-state index contributed by atoms with van der Waals surface area (Å²) in [6.45, 7) is 0. The Kier molecular flexibility index (Phi) is 4.17. The normalized spacial score (nSPS) is 20.7. The van der Waals surface area contributed by atoms with Crippen LogP contribution in [0.15, 0.2) is 0 Å². The van der Waals surface area contributed by atoms with Gasteiger partial charge in [0.15, 0.2) is 0 Å². The maximum atomic E-state index is 12.8. The van der Waals surface area contributed by atoms with E-state index in [0.717, 1.165) is 12.8 Å². The van der Waals surface area contributed by atoms with Crippen molar-refractivity contribution in [3.05, 3.63) is 0 Å². The zero-order valence-electron chi connectivity index (χ0n) is 9.86. The van der Waals surface area contributed by atoms with Crippen LogP contribution in [0.4, 0.5) is 0 Å². The first-order chi connectivity index (χ1) is 6.49. The number of hydrogen-bond donors (Lipinski definition) is 0. The summed E-state index contributed by atoms with van der Waals surface area (Å²) in [5.74, 6) is 0. The average molecular weight is 218 g/mol. The van der Waals surface area contributed by atoms with E-state index in [1.54, 1.807) is 0 Å². The standard InChI is InChI=1S/C10H23N2OP/c1-11(2)14(13,12(3)4)10-8-6-5-7-9-10/h10H,5-9H2,1-4H3. The molecule has 4 heteroatoms. The third kappa shape index (κ3) is 2.21. The summed E-state index contributed by atoms with van der Waals surface area (Å²) in [6.07, 6.45) is 6.07. The zero-order chi connectivity index (χ0) is 10.8. The highest BCUT2D eigenvalue weighted by Crippen LogP contribution is 2.58. The van der Waals surface area contributed by atoms with Crippen LogP contribution in [-0.4, -0.2) is 43.2 Å². The summed E-state index contributed by atoms with van der Waals surface area (Å²) in [7, 11) is 5.49. The number of hydrogen-bond acceptors (Lipinski definition) is 1. The van der Waals surface area contributed by atoms with Crippen LogP contribution in [0.2, 0.25) is 0 Å². The lowest BCUT2D eigenvalue weighted by Crippen LogP contribution is -2.30. The summed E-state index contributed by atoms with van der Waals surface area (Å²) >= 11 is 0. The first-order valence-electron chi connectivity index (χ1n) is 5.45. The van der Waals surface area contributed by atoms with Crippen molar-refractivity contribution in [3.8, 4) is 0 Å². The minimum atomic E-state index is -2.27. The lowest BCUT2D eigenvalue weighted by Gasteiger charge is -2.38. The number of rotatable bonds is 3. The molecule has 0 aromatic heterocycles. The Bertz CT molecular complexity index is 210. The SMILES string of the molecule is CN(C)P(=O)(C1CCCCC1)N(C)C. The molecule has 0 aliphatic heterocycles. The largest absolute Gasteiger partial charge is 0.289 e. The molecule has 3 nitrogen and oxygen atoms in total. The average Bonchev–Trinajstić information content (AvgIpc) is 2.17. The fourth-order valence-corrected chi connectivity index (χ4v) is 5.49. The van der Waals surface area contributed by atoms with Gasteiger partial charge in [-0.1, -0.05) is 19.3 Å². The summed E-state index contributed by atoms with van der Waals surface area (Å²) in [6, 6.07) is 0. The molecular formula is C10H23N2OP. The van der Waals surface area contributed by atoms with Crippen molar-refractivity contribution in [2.75, 3.05) is 28.2 Å². The molecule has 0 aromatic rings.